The van der Waals surface area contributed by atoms with Gasteiger partial charge in [0.1, 0.15) is 5.75 Å². The zero-order valence-corrected chi connectivity index (χ0v) is 14.8. The van der Waals surface area contributed by atoms with Gasteiger partial charge >= 0.3 is 16.8 Å². The first-order valence-electron chi connectivity index (χ1n) is 7.45. The lowest BCUT2D eigenvalue weighted by molar-refractivity contribution is -0.306. The van der Waals surface area contributed by atoms with Gasteiger partial charge < -0.3 is 24.4 Å². The van der Waals surface area contributed by atoms with Crippen molar-refractivity contribution in [3.05, 3.63) is 43.9 Å². The van der Waals surface area contributed by atoms with E-state index in [1.54, 1.807) is 0 Å². The van der Waals surface area contributed by atoms with Crippen LogP contribution in [0.3, 0.4) is 0 Å². The number of carbonyl (C=O) groups excluding carboxylic acids is 3. The summed E-state index contributed by atoms with van der Waals surface area (Å²) in [4.78, 5) is 50.6. The number of carboxylic acids is 1. The molecule has 3 heterocycles. The Morgan fingerprint density at radius 2 is 2.08 bits per heavy atom. The van der Waals surface area contributed by atoms with Crippen LogP contribution in [0.15, 0.2) is 28.0 Å². The molecular weight excluding hydrogens is 382 g/mol. The van der Waals surface area contributed by atoms with Gasteiger partial charge in [0.25, 0.3) is 0 Å². The second kappa shape index (κ2) is 5.99. The van der Waals surface area contributed by atoms with E-state index in [0.29, 0.717) is 15.5 Å². The molecule has 26 heavy (non-hydrogen) atoms. The lowest BCUT2D eigenvalue weighted by Crippen LogP contribution is -2.48. The zero-order chi connectivity index (χ0) is 18.6. The van der Waals surface area contributed by atoms with Gasteiger partial charge in [-0.2, -0.15) is 0 Å². The smallest absolute Gasteiger partial charge is 0.337 e. The maximum atomic E-state index is 12.5. The van der Waals surface area contributed by atoms with Crippen molar-refractivity contribution in [2.45, 2.75) is 16.2 Å². The van der Waals surface area contributed by atoms with Crippen molar-refractivity contribution in [3.63, 3.8) is 0 Å². The number of esters is 2. The van der Waals surface area contributed by atoms with Gasteiger partial charge in [0, 0.05) is 16.4 Å². The van der Waals surface area contributed by atoms with Crippen molar-refractivity contribution in [1.82, 2.24) is 4.98 Å². The molecule has 0 amide bonds. The van der Waals surface area contributed by atoms with Crippen molar-refractivity contribution >= 4 is 41.0 Å². The summed E-state index contributed by atoms with van der Waals surface area (Å²) in [6.45, 7) is 0. The Hall–Kier alpha value is -2.59. The molecule has 2 aliphatic rings. The largest absolute Gasteiger partial charge is 0.549 e. The molecule has 1 N–H and O–H groups in total. The standard InChI is InChI=1S/C16H11NO7S2/c1-23-14(20)5-2-3-7-6(4-5)8-9(15(21)24-7)11(13(18)19)25-12-10(8)26-16(22)17-12/h2-4,8-9,11H,1H3,(H,17,22)(H,18,19)/p-1/t8-,9-,11-/m1/s1. The van der Waals surface area contributed by atoms with Gasteiger partial charge in [-0.3, -0.25) is 9.59 Å². The molecule has 0 aliphatic carbocycles. The third-order valence-corrected chi connectivity index (χ3v) is 6.73. The number of thioether (sulfide) groups is 1. The second-order valence-corrected chi connectivity index (χ2v) is 7.90. The number of hydrogen-bond acceptors (Lipinski definition) is 9. The minimum Gasteiger partial charge on any atom is -0.549 e. The molecule has 0 fully saturated rings. The van der Waals surface area contributed by atoms with Gasteiger partial charge in [-0.15, -0.1) is 0 Å². The van der Waals surface area contributed by atoms with E-state index in [4.69, 9.17) is 9.47 Å². The maximum absolute atomic E-state index is 12.5. The van der Waals surface area contributed by atoms with E-state index < -0.39 is 35.0 Å². The topological polar surface area (TPSA) is 126 Å². The molecule has 0 spiro atoms. The Labute approximate surface area is 154 Å². The van der Waals surface area contributed by atoms with E-state index in [-0.39, 0.29) is 16.2 Å². The van der Waals surface area contributed by atoms with Crippen LogP contribution in [-0.4, -0.2) is 35.3 Å². The molecule has 0 radical (unpaired) electrons. The molecule has 2 aromatic rings. The van der Waals surface area contributed by atoms with E-state index in [2.05, 4.69) is 4.98 Å². The predicted molar refractivity (Wildman–Crippen MR) is 88.3 cm³/mol. The molecule has 10 heteroatoms. The Bertz CT molecular complexity index is 1010. The van der Waals surface area contributed by atoms with E-state index in [1.165, 1.54) is 25.3 Å². The van der Waals surface area contributed by atoms with Crippen LogP contribution in [0, 0.1) is 5.92 Å². The van der Waals surface area contributed by atoms with Gasteiger partial charge in [0.15, 0.2) is 0 Å². The van der Waals surface area contributed by atoms with Crippen LogP contribution in [0.25, 0.3) is 0 Å². The summed E-state index contributed by atoms with van der Waals surface area (Å²) < 4.78 is 10.0. The predicted octanol–water partition coefficient (Wildman–Crippen LogP) is 0.114. The number of H-pyrrole nitrogens is 1. The van der Waals surface area contributed by atoms with Gasteiger partial charge in [-0.25, -0.2) is 4.79 Å². The summed E-state index contributed by atoms with van der Waals surface area (Å²) >= 11 is 1.77. The molecule has 3 atom stereocenters. The van der Waals surface area contributed by atoms with Gasteiger partial charge in [-0.1, -0.05) is 23.1 Å². The van der Waals surface area contributed by atoms with Crippen LogP contribution in [0.1, 0.15) is 26.7 Å². The van der Waals surface area contributed by atoms with E-state index in [1.807, 2.05) is 0 Å². The summed E-state index contributed by atoms with van der Waals surface area (Å²) in [5.74, 6) is -4.28. The third kappa shape index (κ3) is 2.44. The molecule has 2 aliphatic heterocycles. The molecule has 0 unspecified atom stereocenters. The van der Waals surface area contributed by atoms with Crippen LogP contribution in [0.5, 0.6) is 5.75 Å². The number of carboxylic acid groups (broad SMARTS) is 1. The van der Waals surface area contributed by atoms with E-state index in [0.717, 1.165) is 23.1 Å². The van der Waals surface area contributed by atoms with Crippen LogP contribution < -0.4 is 14.7 Å². The fourth-order valence-electron chi connectivity index (χ4n) is 3.25. The van der Waals surface area contributed by atoms with Gasteiger partial charge in [0.05, 0.1) is 34.8 Å². The normalized spacial score (nSPS) is 23.3. The number of hydrogen-bond donors (Lipinski definition) is 1. The minimum absolute atomic E-state index is 0.222. The fourth-order valence-corrected chi connectivity index (χ4v) is 5.64. The van der Waals surface area contributed by atoms with Crippen LogP contribution >= 0.6 is 23.1 Å². The number of rotatable bonds is 2. The summed E-state index contributed by atoms with van der Waals surface area (Å²) in [6, 6.07) is 4.41. The molecule has 0 saturated heterocycles. The highest BCUT2D eigenvalue weighted by Gasteiger charge is 2.49. The summed E-state index contributed by atoms with van der Waals surface area (Å²) in [5.41, 5.74) is 0.691. The average molecular weight is 392 g/mol. The van der Waals surface area contributed by atoms with Crippen LogP contribution in [0.4, 0.5) is 0 Å². The number of carbonyl (C=O) groups is 3. The third-order valence-electron chi connectivity index (χ3n) is 4.34. The number of nitrogens with one attached hydrogen (secondary N) is 1. The van der Waals surface area contributed by atoms with Gasteiger partial charge in [-0.05, 0) is 18.2 Å². The fraction of sp³-hybridized carbons (Fsp3) is 0.250. The Morgan fingerprint density at radius 1 is 1.31 bits per heavy atom. The van der Waals surface area contributed by atoms with Crippen molar-refractivity contribution in [3.8, 4) is 5.75 Å². The molecule has 134 valence electrons. The van der Waals surface area contributed by atoms with E-state index in [9.17, 15) is 24.3 Å². The Balaban J connectivity index is 1.95. The Kier molecular flexibility index (Phi) is 3.88. The number of aromatic nitrogens is 1. The molecular formula is C16H10NO7S2-. The molecule has 1 aromatic heterocycles. The quantitative estimate of drug-likeness (QED) is 0.564. The highest BCUT2D eigenvalue weighted by Crippen LogP contribution is 2.53. The van der Waals surface area contributed by atoms with Crippen molar-refractivity contribution < 1.29 is 29.0 Å². The SMILES string of the molecule is COC(=O)c1ccc2c(c1)[C@H]1c3sc(=O)[nH]c3S[C@@H](C(=O)[O-])[C@@H]1C(=O)O2. The second-order valence-electron chi connectivity index (χ2n) is 5.73. The number of fused-ring (bicyclic) bond motifs is 5. The zero-order valence-electron chi connectivity index (χ0n) is 13.1. The number of benzene rings is 1. The molecule has 0 saturated carbocycles. The minimum atomic E-state index is -1.42. The van der Waals surface area contributed by atoms with E-state index >= 15 is 0 Å². The first-order chi connectivity index (χ1) is 12.4. The summed E-state index contributed by atoms with van der Waals surface area (Å²) in [5, 5.41) is 10.8. The lowest BCUT2D eigenvalue weighted by Gasteiger charge is -2.39. The lowest BCUT2D eigenvalue weighted by atomic mass is 9.79. The number of ether oxygens (including phenoxy) is 2. The number of aromatic amines is 1. The molecule has 4 rings (SSSR count). The monoisotopic (exact) mass is 392 g/mol. The van der Waals surface area contributed by atoms with Crippen LogP contribution in [0.2, 0.25) is 0 Å². The van der Waals surface area contributed by atoms with Gasteiger partial charge in [0.2, 0.25) is 0 Å². The Morgan fingerprint density at radius 3 is 2.77 bits per heavy atom. The number of aliphatic carboxylic acids is 1. The molecule has 1 aromatic carbocycles. The van der Waals surface area contributed by atoms with Crippen molar-refractivity contribution in [1.29, 1.82) is 0 Å². The van der Waals surface area contributed by atoms with Crippen molar-refractivity contribution in [2.24, 2.45) is 5.92 Å². The highest BCUT2D eigenvalue weighted by molar-refractivity contribution is 8.00. The molecule has 8 nitrogen and oxygen atoms in total. The highest BCUT2D eigenvalue weighted by atomic mass is 32.2. The first-order valence-corrected chi connectivity index (χ1v) is 9.14. The maximum Gasteiger partial charge on any atom is 0.337 e. The average Bonchev–Trinajstić information content (AvgIpc) is 2.99. The first kappa shape index (κ1) is 16.9. The summed E-state index contributed by atoms with van der Waals surface area (Å²) in [7, 11) is 1.24. The number of thiazole rings is 1. The number of methoxy groups -OCH3 is 1. The van der Waals surface area contributed by atoms with Crippen LogP contribution in [-0.2, 0) is 14.3 Å². The van der Waals surface area contributed by atoms with Crippen molar-refractivity contribution in [2.75, 3.05) is 7.11 Å². The summed E-state index contributed by atoms with van der Waals surface area (Å²) in [6.07, 6.45) is 0. The molecule has 0 bridgehead atoms.